The summed E-state index contributed by atoms with van der Waals surface area (Å²) in [6, 6.07) is 3.21. The van der Waals surface area contributed by atoms with Crippen LogP contribution in [-0.4, -0.2) is 63.7 Å². The molecule has 0 aliphatic rings. The minimum atomic E-state index is -1.88. The molecule has 0 saturated heterocycles. The van der Waals surface area contributed by atoms with Crippen LogP contribution in [0.1, 0.15) is 64.3 Å². The Morgan fingerprint density at radius 3 is 2.36 bits per heavy atom. The van der Waals surface area contributed by atoms with E-state index in [0.717, 1.165) is 24.4 Å². The highest BCUT2D eigenvalue weighted by atomic mass is 28.4. The third kappa shape index (κ3) is 11.3. The molecule has 0 saturated carbocycles. The van der Waals surface area contributed by atoms with E-state index in [9.17, 15) is 4.79 Å². The average molecular weight is 562 g/mol. The molecule has 0 fully saturated rings. The van der Waals surface area contributed by atoms with E-state index in [0.29, 0.717) is 18.7 Å². The molecule has 0 aliphatic heterocycles. The number of aromatic nitrogens is 1. The van der Waals surface area contributed by atoms with Crippen molar-refractivity contribution in [3.8, 4) is 11.8 Å². The normalized spacial score (nSPS) is 15.1. The molecule has 1 aromatic heterocycles. The highest BCUT2D eigenvalue weighted by Gasteiger charge is 2.42. The highest BCUT2D eigenvalue weighted by molar-refractivity contribution is 6.73. The summed E-state index contributed by atoms with van der Waals surface area (Å²) in [7, 11) is 1.32. The highest BCUT2D eigenvalue weighted by Crippen LogP contribution is 2.37. The minimum Gasteiger partial charge on any atom is -0.476 e. The fourth-order valence-corrected chi connectivity index (χ4v) is 7.23. The fraction of sp³-hybridized carbons (Fsp3) is 0.600. The first-order chi connectivity index (χ1) is 18.6. The third-order valence-electron chi connectivity index (χ3n) is 7.10. The first-order valence-corrected chi connectivity index (χ1v) is 16.1. The van der Waals surface area contributed by atoms with Crippen LogP contribution in [0, 0.1) is 17.3 Å². The lowest BCUT2D eigenvalue weighted by atomic mass is 9.79. The van der Waals surface area contributed by atoms with Crippen molar-refractivity contribution in [2.75, 3.05) is 21.0 Å². The van der Waals surface area contributed by atoms with Gasteiger partial charge in [0.25, 0.3) is 0 Å². The summed E-state index contributed by atoms with van der Waals surface area (Å²) in [4.78, 5) is 14.9. The van der Waals surface area contributed by atoms with E-state index in [2.05, 4.69) is 63.6 Å². The number of hydrogen-bond donors (Lipinski definition) is 1. The zero-order valence-electron chi connectivity index (χ0n) is 24.9. The number of carboxylic acids is 1. The predicted molar refractivity (Wildman–Crippen MR) is 156 cm³/mol. The quantitative estimate of drug-likeness (QED) is 0.0949. The zero-order valence-corrected chi connectivity index (χ0v) is 25.9. The Kier molecular flexibility index (Phi) is 15.9. The van der Waals surface area contributed by atoms with E-state index in [1.165, 1.54) is 0 Å². The second-order valence-electron chi connectivity index (χ2n) is 9.89. The van der Waals surface area contributed by atoms with Crippen LogP contribution in [0.3, 0.4) is 0 Å². The number of rotatable bonds is 18. The maximum Gasteiger partial charge on any atom is 0.357 e. The number of carboxylic acid groups (broad SMARTS) is 1. The standard InChI is InChI=1S/C30H47NO7Si/c1-9-18-26(37-23-34-7)30(5,6)27(38-39(10-2,11-3)12-4)20-17-15-13-14-16-19-24(35-8)21-28-31-25(22-36-28)29(32)33/h9,15-19,22,24,26-27H,10-12,20-21,23H2,1-8H3,(H,32,33)/b17-15-,18-9+,19-16+/t24-,26-,27-/m0/s1. The SMILES string of the molecule is C/C=C/[C@H](OCOC)C(C)(C)[C@H](C/C=C\C#C/C=C/[C@@H](Cc1nc(C(=O)O)co1)OC)O[Si](CC)(CC)CC. The van der Waals surface area contributed by atoms with Crippen LogP contribution in [0.25, 0.3) is 0 Å². The molecule has 0 spiro atoms. The monoisotopic (exact) mass is 561 g/mol. The number of hydrogen-bond acceptors (Lipinski definition) is 7. The van der Waals surface area contributed by atoms with Crippen molar-refractivity contribution in [2.24, 2.45) is 5.41 Å². The van der Waals surface area contributed by atoms with Gasteiger partial charge in [0.1, 0.15) is 13.1 Å². The summed E-state index contributed by atoms with van der Waals surface area (Å²) in [6.45, 7) is 13.3. The van der Waals surface area contributed by atoms with Crippen LogP contribution in [0.4, 0.5) is 0 Å². The average Bonchev–Trinajstić information content (AvgIpc) is 3.40. The fourth-order valence-electron chi connectivity index (χ4n) is 4.23. The Balaban J connectivity index is 2.98. The summed E-state index contributed by atoms with van der Waals surface area (Å²) in [5.74, 6) is 5.21. The molecule has 1 rings (SSSR count). The van der Waals surface area contributed by atoms with Crippen molar-refractivity contribution >= 4 is 14.3 Å². The number of ether oxygens (including phenoxy) is 3. The molecule has 0 aliphatic carbocycles. The van der Waals surface area contributed by atoms with Crippen molar-refractivity contribution in [2.45, 2.75) is 90.8 Å². The van der Waals surface area contributed by atoms with Crippen LogP contribution in [0.5, 0.6) is 0 Å². The predicted octanol–water partition coefficient (Wildman–Crippen LogP) is 6.42. The van der Waals surface area contributed by atoms with Crippen LogP contribution in [-0.2, 0) is 25.1 Å². The molecule has 0 amide bonds. The molecule has 1 heterocycles. The first kappa shape index (κ1) is 34.5. The Bertz CT molecular complexity index is 990. The van der Waals surface area contributed by atoms with Crippen LogP contribution in [0.2, 0.25) is 18.1 Å². The van der Waals surface area contributed by atoms with Gasteiger partial charge in [-0.2, -0.15) is 0 Å². The topological polar surface area (TPSA) is 100 Å². The van der Waals surface area contributed by atoms with Gasteiger partial charge in [-0.3, -0.25) is 0 Å². The molecule has 0 radical (unpaired) electrons. The van der Waals surface area contributed by atoms with E-state index in [4.69, 9.17) is 28.2 Å². The lowest BCUT2D eigenvalue weighted by Crippen LogP contribution is -2.49. The van der Waals surface area contributed by atoms with Gasteiger partial charge in [-0.25, -0.2) is 9.78 Å². The maximum atomic E-state index is 11.0. The molecule has 0 aromatic carbocycles. The first-order valence-electron chi connectivity index (χ1n) is 13.6. The molecular formula is C30H47NO7Si. The Morgan fingerprint density at radius 2 is 1.82 bits per heavy atom. The summed E-state index contributed by atoms with van der Waals surface area (Å²) in [5.41, 5.74) is -0.426. The molecule has 0 bridgehead atoms. The number of nitrogens with zero attached hydrogens (tertiary/aromatic N) is 1. The summed E-state index contributed by atoms with van der Waals surface area (Å²) < 4.78 is 28.9. The number of oxazole rings is 1. The molecule has 9 heteroatoms. The summed E-state index contributed by atoms with van der Waals surface area (Å²) in [6.07, 6.45) is 13.1. The maximum absolute atomic E-state index is 11.0. The van der Waals surface area contributed by atoms with Crippen LogP contribution in [0.15, 0.2) is 47.1 Å². The minimum absolute atomic E-state index is 0.0509. The Labute approximate surface area is 235 Å². The van der Waals surface area contributed by atoms with Gasteiger partial charge in [-0.05, 0) is 49.7 Å². The van der Waals surface area contributed by atoms with Crippen LogP contribution >= 0.6 is 0 Å². The number of methoxy groups -OCH3 is 2. The smallest absolute Gasteiger partial charge is 0.357 e. The second-order valence-corrected chi connectivity index (χ2v) is 14.6. The van der Waals surface area contributed by atoms with Gasteiger partial charge in [0.05, 0.1) is 24.7 Å². The number of allylic oxidation sites excluding steroid dienone is 3. The van der Waals surface area contributed by atoms with Crippen molar-refractivity contribution in [1.82, 2.24) is 4.98 Å². The molecule has 1 aromatic rings. The largest absolute Gasteiger partial charge is 0.476 e. The van der Waals surface area contributed by atoms with Gasteiger partial charge in [-0.15, -0.1) is 0 Å². The van der Waals surface area contributed by atoms with Gasteiger partial charge in [0.2, 0.25) is 0 Å². The van der Waals surface area contributed by atoms with Gasteiger partial charge in [0, 0.05) is 19.6 Å². The van der Waals surface area contributed by atoms with Gasteiger partial charge < -0.3 is 28.2 Å². The van der Waals surface area contributed by atoms with Crippen molar-refractivity contribution in [1.29, 1.82) is 0 Å². The van der Waals surface area contributed by atoms with E-state index >= 15 is 0 Å². The third-order valence-corrected chi connectivity index (χ3v) is 11.7. The number of aromatic carboxylic acids is 1. The van der Waals surface area contributed by atoms with Gasteiger partial charge in [-0.1, -0.05) is 64.7 Å². The van der Waals surface area contributed by atoms with Gasteiger partial charge >= 0.3 is 5.97 Å². The lowest BCUT2D eigenvalue weighted by molar-refractivity contribution is -0.116. The van der Waals surface area contributed by atoms with E-state index in [1.807, 2.05) is 19.1 Å². The molecule has 8 nitrogen and oxygen atoms in total. The van der Waals surface area contributed by atoms with Crippen molar-refractivity contribution in [3.63, 3.8) is 0 Å². The lowest BCUT2D eigenvalue weighted by Gasteiger charge is -2.44. The Hall–Kier alpha value is -2.48. The summed E-state index contributed by atoms with van der Waals surface area (Å²) >= 11 is 0. The summed E-state index contributed by atoms with van der Waals surface area (Å²) in [5, 5.41) is 8.98. The second kappa shape index (κ2) is 18.0. The molecule has 39 heavy (non-hydrogen) atoms. The van der Waals surface area contributed by atoms with E-state index in [1.54, 1.807) is 26.4 Å². The molecule has 0 unspecified atom stereocenters. The molecule has 218 valence electrons. The van der Waals surface area contributed by atoms with E-state index in [-0.39, 0.29) is 36.2 Å². The zero-order chi connectivity index (χ0) is 29.3. The molecule has 1 N–H and O–H groups in total. The molecular weight excluding hydrogens is 514 g/mol. The molecule has 3 atom stereocenters. The van der Waals surface area contributed by atoms with E-state index < -0.39 is 14.3 Å². The van der Waals surface area contributed by atoms with Crippen LogP contribution < -0.4 is 0 Å². The van der Waals surface area contributed by atoms with Gasteiger partial charge in [0.15, 0.2) is 19.9 Å². The Morgan fingerprint density at radius 1 is 1.15 bits per heavy atom. The van der Waals surface area contributed by atoms with Crippen molar-refractivity contribution < 1.29 is 33.0 Å². The van der Waals surface area contributed by atoms with Crippen molar-refractivity contribution in [3.05, 3.63) is 54.3 Å². The number of carbonyl (C=O) groups is 1.